The zero-order valence-corrected chi connectivity index (χ0v) is 11.7. The van der Waals surface area contributed by atoms with Crippen LogP contribution in [0, 0.1) is 5.41 Å². The number of likely N-dealkylation sites (tertiary alicyclic amines) is 1. The van der Waals surface area contributed by atoms with E-state index in [9.17, 15) is 0 Å². The number of rotatable bonds is 8. The van der Waals surface area contributed by atoms with Crippen LogP contribution in [0.25, 0.3) is 0 Å². The van der Waals surface area contributed by atoms with Crippen molar-refractivity contribution in [3.05, 3.63) is 0 Å². The van der Waals surface area contributed by atoms with E-state index < -0.39 is 0 Å². The smallest absolute Gasteiger partial charge is 0.0291 e. The van der Waals surface area contributed by atoms with E-state index in [2.05, 4.69) is 24.1 Å². The van der Waals surface area contributed by atoms with Crippen molar-refractivity contribution >= 4 is 11.6 Å². The van der Waals surface area contributed by atoms with Crippen molar-refractivity contribution in [2.45, 2.75) is 39.5 Å². The summed E-state index contributed by atoms with van der Waals surface area (Å²) in [7, 11) is 0. The van der Waals surface area contributed by atoms with E-state index in [1.165, 1.54) is 45.3 Å². The van der Waals surface area contributed by atoms with E-state index in [-0.39, 0.29) is 0 Å². The third-order valence-corrected chi connectivity index (χ3v) is 4.65. The summed E-state index contributed by atoms with van der Waals surface area (Å²) < 4.78 is 0. The van der Waals surface area contributed by atoms with E-state index in [0.29, 0.717) is 5.41 Å². The average molecular weight is 247 g/mol. The summed E-state index contributed by atoms with van der Waals surface area (Å²) in [5.74, 6) is 0.775. The number of halogens is 1. The highest BCUT2D eigenvalue weighted by Gasteiger charge is 2.24. The zero-order chi connectivity index (χ0) is 11.9. The van der Waals surface area contributed by atoms with Gasteiger partial charge >= 0.3 is 0 Å². The van der Waals surface area contributed by atoms with Gasteiger partial charge in [0.1, 0.15) is 0 Å². The summed E-state index contributed by atoms with van der Waals surface area (Å²) in [6.45, 7) is 10.5. The van der Waals surface area contributed by atoms with Crippen molar-refractivity contribution in [2.75, 3.05) is 38.6 Å². The number of hydrogen-bond acceptors (Lipinski definition) is 2. The Balaban J connectivity index is 2.12. The third kappa shape index (κ3) is 4.23. The van der Waals surface area contributed by atoms with E-state index >= 15 is 0 Å². The molecule has 0 radical (unpaired) electrons. The van der Waals surface area contributed by atoms with Crippen molar-refractivity contribution in [1.82, 2.24) is 10.2 Å². The van der Waals surface area contributed by atoms with Gasteiger partial charge < -0.3 is 10.2 Å². The van der Waals surface area contributed by atoms with Crippen molar-refractivity contribution in [3.8, 4) is 0 Å². The molecule has 1 N–H and O–H groups in total. The molecule has 0 unspecified atom stereocenters. The van der Waals surface area contributed by atoms with Crippen LogP contribution in [0.15, 0.2) is 0 Å². The lowest BCUT2D eigenvalue weighted by Crippen LogP contribution is -2.38. The van der Waals surface area contributed by atoms with Gasteiger partial charge in [-0.15, -0.1) is 11.6 Å². The third-order valence-electron chi connectivity index (χ3n) is 4.09. The van der Waals surface area contributed by atoms with Crippen LogP contribution in [0.3, 0.4) is 0 Å². The second-order valence-electron chi connectivity index (χ2n) is 5.07. The maximum Gasteiger partial charge on any atom is 0.0291 e. The second-order valence-corrected chi connectivity index (χ2v) is 5.33. The molecular weight excluding hydrogens is 220 g/mol. The number of alkyl halides is 1. The summed E-state index contributed by atoms with van der Waals surface area (Å²) in [5.41, 5.74) is 0.312. The Morgan fingerprint density at radius 1 is 1.19 bits per heavy atom. The Hall–Kier alpha value is 0.210. The van der Waals surface area contributed by atoms with Gasteiger partial charge in [0.25, 0.3) is 0 Å². The molecule has 0 aliphatic carbocycles. The lowest BCUT2D eigenvalue weighted by Gasteiger charge is -2.30. The van der Waals surface area contributed by atoms with Crippen molar-refractivity contribution < 1.29 is 0 Å². The molecule has 0 aromatic heterocycles. The minimum absolute atomic E-state index is 0.312. The molecule has 1 rings (SSSR count). The minimum atomic E-state index is 0.312. The molecule has 1 heterocycles. The first-order valence-corrected chi connectivity index (χ1v) is 7.29. The van der Waals surface area contributed by atoms with Gasteiger partial charge in [-0.05, 0) is 44.2 Å². The molecule has 2 nitrogen and oxygen atoms in total. The van der Waals surface area contributed by atoms with Gasteiger partial charge in [0.15, 0.2) is 0 Å². The summed E-state index contributed by atoms with van der Waals surface area (Å²) >= 11 is 6.08. The van der Waals surface area contributed by atoms with Crippen LogP contribution in [0.5, 0.6) is 0 Å². The highest BCUT2D eigenvalue weighted by atomic mass is 35.5. The highest BCUT2D eigenvalue weighted by Crippen LogP contribution is 2.26. The largest absolute Gasteiger partial charge is 0.315 e. The van der Waals surface area contributed by atoms with Gasteiger partial charge in [-0.3, -0.25) is 0 Å². The predicted octanol–water partition coefficient (Wildman–Crippen LogP) is 2.72. The fourth-order valence-corrected chi connectivity index (χ4v) is 2.81. The Labute approximate surface area is 106 Å². The van der Waals surface area contributed by atoms with Crippen LogP contribution in [0.1, 0.15) is 39.5 Å². The monoisotopic (exact) mass is 246 g/mol. The highest BCUT2D eigenvalue weighted by molar-refractivity contribution is 6.18. The van der Waals surface area contributed by atoms with Crippen molar-refractivity contribution in [2.24, 2.45) is 5.41 Å². The fourth-order valence-electron chi connectivity index (χ4n) is 2.33. The van der Waals surface area contributed by atoms with Crippen LogP contribution in [0.4, 0.5) is 0 Å². The molecule has 96 valence electrons. The quantitative estimate of drug-likeness (QED) is 0.523. The average Bonchev–Trinajstić information content (AvgIpc) is 2.83. The number of nitrogens with zero attached hydrogens (tertiary/aromatic N) is 1. The van der Waals surface area contributed by atoms with Crippen LogP contribution < -0.4 is 5.32 Å². The van der Waals surface area contributed by atoms with Crippen molar-refractivity contribution in [1.29, 1.82) is 0 Å². The molecule has 3 heteroatoms. The molecule has 1 fully saturated rings. The summed E-state index contributed by atoms with van der Waals surface area (Å²) in [6, 6.07) is 0. The molecule has 0 saturated carbocycles. The van der Waals surface area contributed by atoms with Gasteiger partial charge in [0.2, 0.25) is 0 Å². The van der Waals surface area contributed by atoms with E-state index in [4.69, 9.17) is 11.6 Å². The van der Waals surface area contributed by atoms with Crippen LogP contribution in [0.2, 0.25) is 0 Å². The molecule has 0 bridgehead atoms. The Morgan fingerprint density at radius 3 is 2.31 bits per heavy atom. The maximum atomic E-state index is 6.08. The van der Waals surface area contributed by atoms with Gasteiger partial charge in [-0.2, -0.15) is 0 Å². The summed E-state index contributed by atoms with van der Waals surface area (Å²) in [5, 5.41) is 3.58. The molecule has 0 spiro atoms. The first-order chi connectivity index (χ1) is 7.76. The predicted molar refractivity (Wildman–Crippen MR) is 72.3 cm³/mol. The molecule has 0 amide bonds. The molecule has 0 aromatic rings. The number of hydrogen-bond donors (Lipinski definition) is 1. The van der Waals surface area contributed by atoms with E-state index in [0.717, 1.165) is 19.0 Å². The SMILES string of the molecule is CCC(CC)(CCl)CNCCN1CCCC1. The second kappa shape index (κ2) is 7.52. The first kappa shape index (κ1) is 14.3. The zero-order valence-electron chi connectivity index (χ0n) is 10.9. The Kier molecular flexibility index (Phi) is 6.71. The van der Waals surface area contributed by atoms with Gasteiger partial charge in [0.05, 0.1) is 0 Å². The molecule has 0 aromatic carbocycles. The van der Waals surface area contributed by atoms with Crippen LogP contribution >= 0.6 is 11.6 Å². The standard InChI is InChI=1S/C13H27ClN2/c1-3-13(4-2,11-14)12-15-7-10-16-8-5-6-9-16/h15H,3-12H2,1-2H3. The molecule has 1 aliphatic heterocycles. The minimum Gasteiger partial charge on any atom is -0.315 e. The number of nitrogens with one attached hydrogen (secondary N) is 1. The molecule has 1 aliphatic rings. The van der Waals surface area contributed by atoms with Crippen LogP contribution in [-0.4, -0.2) is 43.5 Å². The first-order valence-electron chi connectivity index (χ1n) is 6.75. The summed E-state index contributed by atoms with van der Waals surface area (Å²) in [6.07, 6.45) is 5.11. The maximum absolute atomic E-state index is 6.08. The topological polar surface area (TPSA) is 15.3 Å². The fraction of sp³-hybridized carbons (Fsp3) is 1.00. The normalized spacial score (nSPS) is 18.2. The molecule has 16 heavy (non-hydrogen) atoms. The molecular formula is C13H27ClN2. The Morgan fingerprint density at radius 2 is 1.81 bits per heavy atom. The Bertz CT molecular complexity index is 167. The molecule has 1 saturated heterocycles. The lowest BCUT2D eigenvalue weighted by atomic mass is 9.84. The van der Waals surface area contributed by atoms with Gasteiger partial charge in [-0.25, -0.2) is 0 Å². The summed E-state index contributed by atoms with van der Waals surface area (Å²) in [4.78, 5) is 2.55. The molecule has 0 atom stereocenters. The van der Waals surface area contributed by atoms with Crippen LogP contribution in [-0.2, 0) is 0 Å². The van der Waals surface area contributed by atoms with Gasteiger partial charge in [0, 0.05) is 25.5 Å². The van der Waals surface area contributed by atoms with Gasteiger partial charge in [-0.1, -0.05) is 13.8 Å². The van der Waals surface area contributed by atoms with E-state index in [1.807, 2.05) is 0 Å². The van der Waals surface area contributed by atoms with E-state index in [1.54, 1.807) is 0 Å². The van der Waals surface area contributed by atoms with Crippen molar-refractivity contribution in [3.63, 3.8) is 0 Å². The lowest BCUT2D eigenvalue weighted by molar-refractivity contribution is 0.272.